The molecule has 1 heterocycles. The Morgan fingerprint density at radius 3 is 3.00 bits per heavy atom. The number of fused-ring (bicyclic) bond motifs is 1. The van der Waals surface area contributed by atoms with Gasteiger partial charge in [-0.3, -0.25) is 4.79 Å². The Labute approximate surface area is 94.2 Å². The number of rotatable bonds is 3. The number of carboxylic acids is 1. The average Bonchev–Trinajstić information content (AvgIpc) is 2.61. The van der Waals surface area contributed by atoms with E-state index in [0.29, 0.717) is 6.54 Å². The van der Waals surface area contributed by atoms with E-state index in [1.807, 2.05) is 19.1 Å². The second kappa shape index (κ2) is 4.04. The van der Waals surface area contributed by atoms with Gasteiger partial charge in [-0.1, -0.05) is 0 Å². The first-order valence-electron chi connectivity index (χ1n) is 5.26. The summed E-state index contributed by atoms with van der Waals surface area (Å²) in [6.07, 6.45) is 0.159. The van der Waals surface area contributed by atoms with Crippen LogP contribution in [0.2, 0.25) is 0 Å². The molecule has 1 atom stereocenters. The molecule has 0 aromatic heterocycles. The third-order valence-electron chi connectivity index (χ3n) is 2.96. The first-order valence-corrected chi connectivity index (χ1v) is 5.26. The Kier molecular flexibility index (Phi) is 2.73. The lowest BCUT2D eigenvalue weighted by molar-refractivity contribution is -0.137. The van der Waals surface area contributed by atoms with Crippen molar-refractivity contribution < 1.29 is 14.6 Å². The lowest BCUT2D eigenvalue weighted by Gasteiger charge is -2.10. The van der Waals surface area contributed by atoms with E-state index in [4.69, 9.17) is 9.84 Å². The van der Waals surface area contributed by atoms with Gasteiger partial charge in [0.1, 0.15) is 5.75 Å². The van der Waals surface area contributed by atoms with Crippen LogP contribution in [0.1, 0.15) is 23.5 Å². The van der Waals surface area contributed by atoms with E-state index in [1.54, 1.807) is 7.11 Å². The fraction of sp³-hybridized carbons (Fsp3) is 0.417. The van der Waals surface area contributed by atoms with Gasteiger partial charge in [-0.25, -0.2) is 0 Å². The zero-order valence-electron chi connectivity index (χ0n) is 9.41. The van der Waals surface area contributed by atoms with E-state index in [9.17, 15) is 4.79 Å². The Hall–Kier alpha value is -1.71. The number of anilines is 1. The van der Waals surface area contributed by atoms with Gasteiger partial charge in [0.25, 0.3) is 0 Å². The average molecular weight is 221 g/mol. The van der Waals surface area contributed by atoms with Crippen LogP contribution in [0.4, 0.5) is 5.69 Å². The number of carbonyl (C=O) groups is 1. The van der Waals surface area contributed by atoms with Crippen LogP contribution >= 0.6 is 0 Å². The maximum absolute atomic E-state index is 10.7. The molecule has 16 heavy (non-hydrogen) atoms. The Balaban J connectivity index is 2.37. The van der Waals surface area contributed by atoms with Crippen molar-refractivity contribution in [2.75, 3.05) is 19.0 Å². The number of benzene rings is 1. The molecule has 0 spiro atoms. The van der Waals surface area contributed by atoms with Gasteiger partial charge in [0.05, 0.1) is 13.5 Å². The zero-order valence-corrected chi connectivity index (χ0v) is 9.41. The van der Waals surface area contributed by atoms with E-state index < -0.39 is 5.97 Å². The highest BCUT2D eigenvalue weighted by Gasteiger charge is 2.26. The standard InChI is InChI=1S/C12H15NO3/c1-7-3-9(16-2)5-10-8(4-11(14)15)6-13-12(7)10/h3,5,8,13H,4,6H2,1-2H3,(H,14,15). The topological polar surface area (TPSA) is 58.6 Å². The minimum Gasteiger partial charge on any atom is -0.497 e. The number of hydrogen-bond donors (Lipinski definition) is 2. The van der Waals surface area contributed by atoms with Crippen LogP contribution in [0, 0.1) is 6.92 Å². The highest BCUT2D eigenvalue weighted by molar-refractivity contribution is 5.72. The fourth-order valence-corrected chi connectivity index (χ4v) is 2.19. The maximum atomic E-state index is 10.7. The smallest absolute Gasteiger partial charge is 0.304 e. The summed E-state index contributed by atoms with van der Waals surface area (Å²) >= 11 is 0. The van der Waals surface area contributed by atoms with Crippen LogP contribution in [0.25, 0.3) is 0 Å². The number of methoxy groups -OCH3 is 1. The zero-order chi connectivity index (χ0) is 11.7. The molecule has 1 unspecified atom stereocenters. The monoisotopic (exact) mass is 221 g/mol. The molecule has 1 aromatic carbocycles. The Bertz CT molecular complexity index is 429. The number of carboxylic acid groups (broad SMARTS) is 1. The highest BCUT2D eigenvalue weighted by atomic mass is 16.5. The van der Waals surface area contributed by atoms with Crippen LogP contribution in [-0.4, -0.2) is 24.7 Å². The van der Waals surface area contributed by atoms with Crippen molar-refractivity contribution in [2.45, 2.75) is 19.3 Å². The van der Waals surface area contributed by atoms with Crippen molar-refractivity contribution in [3.63, 3.8) is 0 Å². The molecule has 0 radical (unpaired) electrons. The largest absolute Gasteiger partial charge is 0.497 e. The Morgan fingerprint density at radius 2 is 2.38 bits per heavy atom. The predicted octanol–water partition coefficient (Wildman–Crippen LogP) is 1.99. The molecule has 1 aromatic rings. The third-order valence-corrected chi connectivity index (χ3v) is 2.96. The lowest BCUT2D eigenvalue weighted by Crippen LogP contribution is -2.08. The second-order valence-electron chi connectivity index (χ2n) is 4.08. The van der Waals surface area contributed by atoms with E-state index in [2.05, 4.69) is 5.32 Å². The summed E-state index contributed by atoms with van der Waals surface area (Å²) in [5.41, 5.74) is 3.22. The molecule has 0 saturated carbocycles. The van der Waals surface area contributed by atoms with Gasteiger partial charge in [-0.15, -0.1) is 0 Å². The summed E-state index contributed by atoms with van der Waals surface area (Å²) in [7, 11) is 1.62. The molecule has 0 aliphatic carbocycles. The summed E-state index contributed by atoms with van der Waals surface area (Å²) in [5, 5.41) is 12.1. The predicted molar refractivity (Wildman–Crippen MR) is 61.2 cm³/mol. The number of aryl methyl sites for hydroxylation is 1. The normalized spacial score (nSPS) is 17.8. The van der Waals surface area contributed by atoms with E-state index in [0.717, 1.165) is 22.6 Å². The molecule has 1 aliphatic rings. The van der Waals surface area contributed by atoms with E-state index >= 15 is 0 Å². The van der Waals surface area contributed by atoms with Crippen LogP contribution in [-0.2, 0) is 4.79 Å². The summed E-state index contributed by atoms with van der Waals surface area (Å²) in [4.78, 5) is 10.7. The number of nitrogens with one attached hydrogen (secondary N) is 1. The quantitative estimate of drug-likeness (QED) is 0.819. The molecule has 0 amide bonds. The molecule has 0 fully saturated rings. The van der Waals surface area contributed by atoms with E-state index in [-0.39, 0.29) is 12.3 Å². The molecule has 86 valence electrons. The van der Waals surface area contributed by atoms with Gasteiger partial charge < -0.3 is 15.2 Å². The number of aliphatic carboxylic acids is 1. The molecule has 4 nitrogen and oxygen atoms in total. The fourth-order valence-electron chi connectivity index (χ4n) is 2.19. The van der Waals surface area contributed by atoms with Crippen LogP contribution in [0.3, 0.4) is 0 Å². The summed E-state index contributed by atoms with van der Waals surface area (Å²) < 4.78 is 5.20. The molecule has 4 heteroatoms. The molecular formula is C12H15NO3. The third kappa shape index (κ3) is 1.83. The van der Waals surface area contributed by atoms with Crippen molar-refractivity contribution in [3.8, 4) is 5.75 Å². The second-order valence-corrected chi connectivity index (χ2v) is 4.08. The minimum atomic E-state index is -0.764. The molecule has 0 saturated heterocycles. The van der Waals surface area contributed by atoms with Crippen molar-refractivity contribution in [3.05, 3.63) is 23.3 Å². The van der Waals surface area contributed by atoms with Gasteiger partial charge in [-0.05, 0) is 30.2 Å². The molecule has 0 bridgehead atoms. The number of ether oxygens (including phenoxy) is 1. The van der Waals surface area contributed by atoms with Crippen molar-refractivity contribution in [1.82, 2.24) is 0 Å². The maximum Gasteiger partial charge on any atom is 0.304 e. The molecular weight excluding hydrogens is 206 g/mol. The summed E-state index contributed by atoms with van der Waals surface area (Å²) in [6.45, 7) is 2.69. The minimum absolute atomic E-state index is 0.0429. The lowest BCUT2D eigenvalue weighted by atomic mass is 9.96. The van der Waals surface area contributed by atoms with Gasteiger partial charge >= 0.3 is 5.97 Å². The van der Waals surface area contributed by atoms with E-state index in [1.165, 1.54) is 0 Å². The molecule has 1 aliphatic heterocycles. The van der Waals surface area contributed by atoms with Gasteiger partial charge in [-0.2, -0.15) is 0 Å². The van der Waals surface area contributed by atoms with Crippen molar-refractivity contribution >= 4 is 11.7 Å². The van der Waals surface area contributed by atoms with Crippen LogP contribution < -0.4 is 10.1 Å². The highest BCUT2D eigenvalue weighted by Crippen LogP contribution is 2.38. The van der Waals surface area contributed by atoms with Gasteiger partial charge in [0, 0.05) is 18.2 Å². The summed E-state index contributed by atoms with van der Waals surface area (Å²) in [5.74, 6) is 0.0664. The SMILES string of the molecule is COc1cc(C)c2c(c1)C(CC(=O)O)CN2. The number of hydrogen-bond acceptors (Lipinski definition) is 3. The molecule has 2 N–H and O–H groups in total. The van der Waals surface area contributed by atoms with Crippen LogP contribution in [0.15, 0.2) is 12.1 Å². The first-order chi connectivity index (χ1) is 7.61. The summed E-state index contributed by atoms with van der Waals surface area (Å²) in [6, 6.07) is 3.88. The van der Waals surface area contributed by atoms with Crippen molar-refractivity contribution in [1.29, 1.82) is 0 Å². The van der Waals surface area contributed by atoms with Crippen molar-refractivity contribution in [2.24, 2.45) is 0 Å². The van der Waals surface area contributed by atoms with Crippen LogP contribution in [0.5, 0.6) is 5.75 Å². The Morgan fingerprint density at radius 1 is 1.62 bits per heavy atom. The first kappa shape index (κ1) is 10.8. The van der Waals surface area contributed by atoms with Gasteiger partial charge in [0.15, 0.2) is 0 Å². The van der Waals surface area contributed by atoms with Gasteiger partial charge in [0.2, 0.25) is 0 Å². The molecule has 2 rings (SSSR count).